The van der Waals surface area contributed by atoms with Crippen molar-refractivity contribution in [2.75, 3.05) is 5.33 Å². The Hall–Kier alpha value is 0.180. The van der Waals surface area contributed by atoms with Gasteiger partial charge in [0.15, 0.2) is 0 Å². The minimum atomic E-state index is 0.334. The molecule has 0 spiro atoms. The van der Waals surface area contributed by atoms with Crippen molar-refractivity contribution in [2.45, 2.75) is 27.2 Å². The van der Waals surface area contributed by atoms with E-state index in [-0.39, 0.29) is 0 Å². The Morgan fingerprint density at radius 1 is 1.33 bits per heavy atom. The van der Waals surface area contributed by atoms with Gasteiger partial charge in [-0.3, -0.25) is 0 Å². The molecule has 0 radical (unpaired) electrons. The predicted octanol–water partition coefficient (Wildman–Crippen LogP) is 5.05. The Kier molecular flexibility index (Phi) is 4.85. The fourth-order valence-corrected chi connectivity index (χ4v) is 2.81. The molecule has 0 amide bonds. The highest BCUT2D eigenvalue weighted by atomic mass is 79.9. The molecule has 84 valence electrons. The summed E-state index contributed by atoms with van der Waals surface area (Å²) < 4.78 is 1.17. The summed E-state index contributed by atoms with van der Waals surface area (Å²) in [5, 5.41) is 1.05. The maximum absolute atomic E-state index is 3.64. The number of hydrogen-bond donors (Lipinski definition) is 0. The zero-order chi connectivity index (χ0) is 11.5. The van der Waals surface area contributed by atoms with Crippen LogP contribution in [0, 0.1) is 11.3 Å². The van der Waals surface area contributed by atoms with E-state index in [1.54, 1.807) is 0 Å². The van der Waals surface area contributed by atoms with Gasteiger partial charge in [-0.25, -0.2) is 0 Å². The summed E-state index contributed by atoms with van der Waals surface area (Å²) in [6, 6.07) is 8.59. The quantitative estimate of drug-likeness (QED) is 0.676. The van der Waals surface area contributed by atoms with Crippen molar-refractivity contribution in [3.63, 3.8) is 0 Å². The van der Waals surface area contributed by atoms with E-state index in [1.807, 2.05) is 0 Å². The molecule has 0 aliphatic rings. The van der Waals surface area contributed by atoms with E-state index in [9.17, 15) is 0 Å². The van der Waals surface area contributed by atoms with Crippen LogP contribution in [-0.4, -0.2) is 5.33 Å². The van der Waals surface area contributed by atoms with Crippen LogP contribution in [0.25, 0.3) is 0 Å². The molecule has 0 saturated carbocycles. The zero-order valence-corrected chi connectivity index (χ0v) is 12.7. The molecule has 0 fully saturated rings. The second-order valence-corrected chi connectivity index (χ2v) is 6.23. The summed E-state index contributed by atoms with van der Waals surface area (Å²) in [5.74, 6) is 0.677. The molecule has 0 nitrogen and oxygen atoms in total. The monoisotopic (exact) mass is 332 g/mol. The van der Waals surface area contributed by atoms with Crippen LogP contribution in [0.5, 0.6) is 0 Å². The molecule has 0 N–H and O–H groups in total. The second-order valence-electron chi connectivity index (χ2n) is 4.75. The topological polar surface area (TPSA) is 0 Å². The molecule has 0 saturated heterocycles. The summed E-state index contributed by atoms with van der Waals surface area (Å²) >= 11 is 7.15. The third-order valence-electron chi connectivity index (χ3n) is 3.20. The molecule has 0 heterocycles. The molecule has 0 aromatic heterocycles. The average Bonchev–Trinajstić information content (AvgIpc) is 2.17. The summed E-state index contributed by atoms with van der Waals surface area (Å²) in [5.41, 5.74) is 1.74. The molecule has 2 heteroatoms. The smallest absolute Gasteiger partial charge is 0.0177 e. The summed E-state index contributed by atoms with van der Waals surface area (Å²) in [6.45, 7) is 6.92. The molecule has 15 heavy (non-hydrogen) atoms. The average molecular weight is 334 g/mol. The van der Waals surface area contributed by atoms with Gasteiger partial charge in [0.25, 0.3) is 0 Å². The van der Waals surface area contributed by atoms with E-state index in [1.165, 1.54) is 10.0 Å². The third kappa shape index (κ3) is 3.60. The van der Waals surface area contributed by atoms with Crippen LogP contribution < -0.4 is 0 Å². The van der Waals surface area contributed by atoms with Gasteiger partial charge in [-0.05, 0) is 35.4 Å². The van der Waals surface area contributed by atoms with Crippen molar-refractivity contribution in [1.82, 2.24) is 0 Å². The van der Waals surface area contributed by atoms with Crippen LogP contribution in [0.4, 0.5) is 0 Å². The van der Waals surface area contributed by atoms with E-state index in [0.29, 0.717) is 11.3 Å². The minimum absolute atomic E-state index is 0.334. The third-order valence-corrected chi connectivity index (χ3v) is 4.97. The van der Waals surface area contributed by atoms with Crippen LogP contribution in [0.3, 0.4) is 0 Å². The van der Waals surface area contributed by atoms with Crippen molar-refractivity contribution >= 4 is 31.9 Å². The van der Waals surface area contributed by atoms with Crippen LogP contribution in [0.15, 0.2) is 28.7 Å². The minimum Gasteiger partial charge on any atom is -0.0922 e. The number of halogens is 2. The van der Waals surface area contributed by atoms with Gasteiger partial charge in [0.2, 0.25) is 0 Å². The maximum Gasteiger partial charge on any atom is 0.0177 e. The molecule has 1 aromatic carbocycles. The Bertz CT molecular complexity index is 320. The maximum atomic E-state index is 3.64. The van der Waals surface area contributed by atoms with Gasteiger partial charge >= 0.3 is 0 Å². The highest BCUT2D eigenvalue weighted by Crippen LogP contribution is 2.33. The fraction of sp³-hybridized carbons (Fsp3) is 0.538. The predicted molar refractivity (Wildman–Crippen MR) is 74.6 cm³/mol. The van der Waals surface area contributed by atoms with Gasteiger partial charge in [-0.15, -0.1) is 0 Å². The van der Waals surface area contributed by atoms with Gasteiger partial charge in [0.05, 0.1) is 0 Å². The van der Waals surface area contributed by atoms with E-state index < -0.39 is 0 Å². The molecule has 1 atom stereocenters. The molecule has 0 bridgehead atoms. The number of alkyl halides is 1. The Labute approximate surface area is 110 Å². The number of benzene rings is 1. The highest BCUT2D eigenvalue weighted by molar-refractivity contribution is 9.10. The van der Waals surface area contributed by atoms with Gasteiger partial charge < -0.3 is 0 Å². The SMILES string of the molecule is CC(C)C(C)(CBr)Cc1cccc(Br)c1. The first-order valence-electron chi connectivity index (χ1n) is 5.28. The molecule has 1 unspecified atom stereocenters. The molecule has 1 rings (SSSR count). The Balaban J connectivity index is 2.84. The zero-order valence-electron chi connectivity index (χ0n) is 9.56. The summed E-state index contributed by atoms with van der Waals surface area (Å²) in [4.78, 5) is 0. The van der Waals surface area contributed by atoms with Crippen LogP contribution in [0.2, 0.25) is 0 Å². The van der Waals surface area contributed by atoms with E-state index >= 15 is 0 Å². The molecular weight excluding hydrogens is 316 g/mol. The summed E-state index contributed by atoms with van der Waals surface area (Å²) in [6.07, 6.45) is 1.12. The Morgan fingerprint density at radius 3 is 2.47 bits per heavy atom. The number of rotatable bonds is 4. The standard InChI is InChI=1S/C13H18Br2/c1-10(2)13(3,9-14)8-11-5-4-6-12(15)7-11/h4-7,10H,8-9H2,1-3H3. The van der Waals surface area contributed by atoms with E-state index in [2.05, 4.69) is 76.9 Å². The lowest BCUT2D eigenvalue weighted by Gasteiger charge is -2.32. The van der Waals surface area contributed by atoms with Crippen molar-refractivity contribution in [3.8, 4) is 0 Å². The number of hydrogen-bond acceptors (Lipinski definition) is 0. The first kappa shape index (κ1) is 13.2. The summed E-state index contributed by atoms with van der Waals surface area (Å²) in [7, 11) is 0. The lowest BCUT2D eigenvalue weighted by Crippen LogP contribution is -2.28. The molecule has 0 aliphatic heterocycles. The van der Waals surface area contributed by atoms with Gasteiger partial charge in [0, 0.05) is 9.80 Å². The van der Waals surface area contributed by atoms with E-state index in [0.717, 1.165) is 11.8 Å². The van der Waals surface area contributed by atoms with Crippen LogP contribution in [-0.2, 0) is 6.42 Å². The van der Waals surface area contributed by atoms with Crippen molar-refractivity contribution in [1.29, 1.82) is 0 Å². The molecule has 1 aromatic rings. The van der Waals surface area contributed by atoms with Gasteiger partial charge in [-0.2, -0.15) is 0 Å². The lowest BCUT2D eigenvalue weighted by molar-refractivity contribution is 0.258. The van der Waals surface area contributed by atoms with Crippen LogP contribution >= 0.6 is 31.9 Å². The first-order chi connectivity index (χ1) is 6.98. The fourth-order valence-electron chi connectivity index (χ4n) is 1.52. The molecule has 0 aliphatic carbocycles. The molecular formula is C13H18Br2. The Morgan fingerprint density at radius 2 is 2.00 bits per heavy atom. The van der Waals surface area contributed by atoms with Crippen molar-refractivity contribution in [3.05, 3.63) is 34.3 Å². The highest BCUT2D eigenvalue weighted by Gasteiger charge is 2.27. The van der Waals surface area contributed by atoms with Gasteiger partial charge in [0.1, 0.15) is 0 Å². The van der Waals surface area contributed by atoms with Crippen molar-refractivity contribution in [2.24, 2.45) is 11.3 Å². The normalized spacial score (nSPS) is 15.3. The van der Waals surface area contributed by atoms with Crippen molar-refractivity contribution < 1.29 is 0 Å². The van der Waals surface area contributed by atoms with E-state index in [4.69, 9.17) is 0 Å². The largest absolute Gasteiger partial charge is 0.0922 e. The second kappa shape index (κ2) is 5.49. The lowest BCUT2D eigenvalue weighted by atomic mass is 9.76. The van der Waals surface area contributed by atoms with Gasteiger partial charge in [-0.1, -0.05) is 64.8 Å². The first-order valence-corrected chi connectivity index (χ1v) is 7.20. The van der Waals surface area contributed by atoms with Crippen LogP contribution in [0.1, 0.15) is 26.3 Å².